The van der Waals surface area contributed by atoms with Gasteiger partial charge in [-0.05, 0) is 44.4 Å². The quantitative estimate of drug-likeness (QED) is 0.395. The molecular formula is C30H37ClN8O. The maximum absolute atomic E-state index is 12.5. The van der Waals surface area contributed by atoms with E-state index in [-0.39, 0.29) is 5.78 Å². The van der Waals surface area contributed by atoms with Crippen LogP contribution in [-0.2, 0) is 6.42 Å². The molecule has 3 saturated heterocycles. The van der Waals surface area contributed by atoms with Crippen molar-refractivity contribution in [3.63, 3.8) is 0 Å². The van der Waals surface area contributed by atoms with E-state index in [4.69, 9.17) is 22.3 Å². The van der Waals surface area contributed by atoms with E-state index in [0.717, 1.165) is 88.4 Å². The number of halogens is 1. The summed E-state index contributed by atoms with van der Waals surface area (Å²) in [4.78, 5) is 26.9. The molecule has 0 saturated carbocycles. The number of nitrogens with two attached hydrogens (primary N) is 1. The first-order valence-corrected chi connectivity index (χ1v) is 14.7. The molecule has 0 amide bonds. The minimum Gasteiger partial charge on any atom is -0.380 e. The number of benzene rings is 1. The maximum Gasteiger partial charge on any atom is 0.176 e. The van der Waals surface area contributed by atoms with E-state index in [1.54, 1.807) is 0 Å². The summed E-state index contributed by atoms with van der Waals surface area (Å²) < 4.78 is 0. The van der Waals surface area contributed by atoms with Crippen molar-refractivity contribution in [2.24, 2.45) is 0 Å². The van der Waals surface area contributed by atoms with Gasteiger partial charge in [0, 0.05) is 80.6 Å². The number of pyridine rings is 1. The van der Waals surface area contributed by atoms with Crippen LogP contribution in [0.4, 0.5) is 17.2 Å². The standard InChI is InChI=1S/C30H37ClN8O/c31-29-18-27(30(32)35-34-29)38-19-25-8-9-26(20-38)39(25)24-10-11-33-23(17-24)7-4-12-36-13-15-37(16-14-36)21-28(40)22-5-2-1-3-6-22/h1-3,5-6,10-11,17-18,25-26H,4,7-9,12-16,19-21H2,(H2,32,35). The van der Waals surface area contributed by atoms with Gasteiger partial charge in [0.15, 0.2) is 16.8 Å². The van der Waals surface area contributed by atoms with Crippen molar-refractivity contribution in [1.29, 1.82) is 0 Å². The SMILES string of the molecule is Nc1nnc(Cl)cc1N1CC2CCC(C1)N2c1ccnc(CCCN2CCN(CC(=O)c3ccccc3)CC2)c1. The molecule has 2 bridgehead atoms. The van der Waals surface area contributed by atoms with Crippen molar-refractivity contribution < 1.29 is 4.79 Å². The number of fused-ring (bicyclic) bond motifs is 2. The van der Waals surface area contributed by atoms with Crippen molar-refractivity contribution >= 4 is 34.6 Å². The summed E-state index contributed by atoms with van der Waals surface area (Å²) in [5.41, 5.74) is 10.2. The highest BCUT2D eigenvalue weighted by Gasteiger charge is 2.40. The number of hydrogen-bond donors (Lipinski definition) is 1. The van der Waals surface area contributed by atoms with E-state index in [9.17, 15) is 4.79 Å². The fraction of sp³-hybridized carbons (Fsp3) is 0.467. The first-order valence-electron chi connectivity index (χ1n) is 14.3. The van der Waals surface area contributed by atoms with Crippen LogP contribution in [0.5, 0.6) is 0 Å². The molecule has 0 spiro atoms. The van der Waals surface area contributed by atoms with Crippen molar-refractivity contribution in [2.75, 3.05) is 67.9 Å². The fourth-order valence-corrected chi connectivity index (χ4v) is 6.62. The summed E-state index contributed by atoms with van der Waals surface area (Å²) in [6.45, 7) is 7.24. The van der Waals surface area contributed by atoms with Gasteiger partial charge in [0.2, 0.25) is 0 Å². The number of nitrogens with zero attached hydrogens (tertiary/aromatic N) is 7. The largest absolute Gasteiger partial charge is 0.380 e. The first kappa shape index (κ1) is 26.9. The Labute approximate surface area is 240 Å². The number of rotatable bonds is 9. The average molecular weight is 561 g/mol. The van der Waals surface area contributed by atoms with E-state index in [1.165, 1.54) is 5.69 Å². The molecule has 2 atom stereocenters. The van der Waals surface area contributed by atoms with E-state index in [0.29, 0.717) is 29.6 Å². The zero-order valence-corrected chi connectivity index (χ0v) is 23.6. The molecule has 9 nitrogen and oxygen atoms in total. The number of Topliss-reactive ketones (excluding diaryl/α,β-unsaturated/α-hetero) is 1. The van der Waals surface area contributed by atoms with Crippen LogP contribution in [0, 0.1) is 0 Å². The van der Waals surface area contributed by atoms with Gasteiger partial charge in [-0.3, -0.25) is 14.7 Å². The van der Waals surface area contributed by atoms with Gasteiger partial charge >= 0.3 is 0 Å². The molecule has 210 valence electrons. The molecule has 5 heterocycles. The Balaban J connectivity index is 0.982. The molecule has 3 fully saturated rings. The zero-order chi connectivity index (χ0) is 27.5. The van der Waals surface area contributed by atoms with Crippen LogP contribution in [0.3, 0.4) is 0 Å². The number of anilines is 3. The second-order valence-corrected chi connectivity index (χ2v) is 11.5. The van der Waals surface area contributed by atoms with Crippen molar-refractivity contribution in [3.05, 3.63) is 71.1 Å². The number of piperazine rings is 2. The van der Waals surface area contributed by atoms with Gasteiger partial charge in [-0.15, -0.1) is 10.2 Å². The second-order valence-electron chi connectivity index (χ2n) is 11.2. The maximum atomic E-state index is 12.5. The number of ketones is 1. The topological polar surface area (TPSA) is 94.7 Å². The Morgan fingerprint density at radius 1 is 0.950 bits per heavy atom. The third-order valence-corrected chi connectivity index (χ3v) is 8.71. The second kappa shape index (κ2) is 12.1. The van der Waals surface area contributed by atoms with Gasteiger partial charge < -0.3 is 20.4 Å². The predicted molar refractivity (Wildman–Crippen MR) is 159 cm³/mol. The molecule has 2 N–H and O–H groups in total. The Morgan fingerprint density at radius 2 is 1.68 bits per heavy atom. The first-order chi connectivity index (χ1) is 19.5. The number of nitrogen functional groups attached to an aromatic ring is 1. The molecule has 6 rings (SSSR count). The van der Waals surface area contributed by atoms with Crippen LogP contribution in [0.25, 0.3) is 0 Å². The summed E-state index contributed by atoms with van der Waals surface area (Å²) in [5.74, 6) is 0.642. The minimum atomic E-state index is 0.206. The van der Waals surface area contributed by atoms with Gasteiger partial charge in [-0.25, -0.2) is 0 Å². The van der Waals surface area contributed by atoms with Crippen molar-refractivity contribution in [2.45, 2.75) is 37.8 Å². The lowest BCUT2D eigenvalue weighted by atomic mass is 10.1. The number of aryl methyl sites for hydroxylation is 1. The van der Waals surface area contributed by atoms with Crippen LogP contribution in [0.2, 0.25) is 5.15 Å². The number of aromatic nitrogens is 3. The van der Waals surface area contributed by atoms with E-state index in [2.05, 4.69) is 41.9 Å². The summed E-state index contributed by atoms with van der Waals surface area (Å²) in [7, 11) is 0. The third-order valence-electron chi connectivity index (χ3n) is 8.53. The molecule has 3 aliphatic heterocycles. The molecule has 40 heavy (non-hydrogen) atoms. The summed E-state index contributed by atoms with van der Waals surface area (Å²) in [6.07, 6.45) is 6.33. The molecule has 0 radical (unpaired) electrons. The van der Waals surface area contributed by atoms with Gasteiger partial charge in [0.05, 0.1) is 12.2 Å². The molecule has 3 aliphatic rings. The van der Waals surface area contributed by atoms with E-state index >= 15 is 0 Å². The molecule has 3 aromatic rings. The molecule has 2 aromatic heterocycles. The Bertz CT molecular complexity index is 1300. The van der Waals surface area contributed by atoms with Gasteiger partial charge in [0.1, 0.15) is 0 Å². The Morgan fingerprint density at radius 3 is 2.42 bits per heavy atom. The van der Waals surface area contributed by atoms with Crippen molar-refractivity contribution in [1.82, 2.24) is 25.0 Å². The lowest BCUT2D eigenvalue weighted by molar-refractivity contribution is 0.0851. The predicted octanol–water partition coefficient (Wildman–Crippen LogP) is 3.40. The lowest BCUT2D eigenvalue weighted by Crippen LogP contribution is -2.54. The summed E-state index contributed by atoms with van der Waals surface area (Å²) in [6, 6.07) is 16.7. The van der Waals surface area contributed by atoms with Crippen LogP contribution >= 0.6 is 11.6 Å². The average Bonchev–Trinajstić information content (AvgIpc) is 3.25. The minimum absolute atomic E-state index is 0.206. The Hall–Kier alpha value is -3.27. The summed E-state index contributed by atoms with van der Waals surface area (Å²) >= 11 is 6.11. The lowest BCUT2D eigenvalue weighted by Gasteiger charge is -2.43. The highest BCUT2D eigenvalue weighted by molar-refractivity contribution is 6.29. The zero-order valence-electron chi connectivity index (χ0n) is 22.8. The number of carbonyl (C=O) groups is 1. The monoisotopic (exact) mass is 560 g/mol. The van der Waals surface area contributed by atoms with Gasteiger partial charge in [-0.2, -0.15) is 0 Å². The fourth-order valence-electron chi connectivity index (χ4n) is 6.48. The molecule has 0 aliphatic carbocycles. The number of hydrogen-bond acceptors (Lipinski definition) is 9. The number of carbonyl (C=O) groups excluding carboxylic acids is 1. The molecule has 2 unspecified atom stereocenters. The highest BCUT2D eigenvalue weighted by Crippen LogP contribution is 2.38. The van der Waals surface area contributed by atoms with Gasteiger partial charge in [0.25, 0.3) is 0 Å². The Kier molecular flexibility index (Phi) is 8.13. The normalized spacial score (nSPS) is 21.6. The highest BCUT2D eigenvalue weighted by atomic mass is 35.5. The summed E-state index contributed by atoms with van der Waals surface area (Å²) in [5, 5.41) is 8.25. The van der Waals surface area contributed by atoms with Crippen LogP contribution < -0.4 is 15.5 Å². The van der Waals surface area contributed by atoms with E-state index in [1.807, 2.05) is 42.6 Å². The smallest absolute Gasteiger partial charge is 0.176 e. The molecule has 10 heteroatoms. The molecule has 1 aromatic carbocycles. The third kappa shape index (κ3) is 6.06. The van der Waals surface area contributed by atoms with Crippen LogP contribution in [0.1, 0.15) is 35.3 Å². The molecular weight excluding hydrogens is 524 g/mol. The van der Waals surface area contributed by atoms with Crippen molar-refractivity contribution in [3.8, 4) is 0 Å². The van der Waals surface area contributed by atoms with Crippen LogP contribution in [0.15, 0.2) is 54.7 Å². The van der Waals surface area contributed by atoms with Crippen LogP contribution in [-0.4, -0.2) is 95.2 Å². The van der Waals surface area contributed by atoms with E-state index < -0.39 is 0 Å². The van der Waals surface area contributed by atoms with Gasteiger partial charge in [-0.1, -0.05) is 41.9 Å².